The molecular weight excluding hydrogens is 479 g/mol. The Kier molecular flexibility index (Phi) is 6.79. The number of benzene rings is 3. The molecule has 1 aromatic heterocycles. The maximum absolute atomic E-state index is 14.3. The van der Waals surface area contributed by atoms with Crippen LogP contribution in [-0.2, 0) is 17.9 Å². The molecule has 0 saturated carbocycles. The highest BCUT2D eigenvalue weighted by Gasteiger charge is 2.29. The van der Waals surface area contributed by atoms with E-state index >= 15 is 0 Å². The van der Waals surface area contributed by atoms with Crippen molar-refractivity contribution in [2.24, 2.45) is 0 Å². The molecule has 0 spiro atoms. The predicted molar refractivity (Wildman–Crippen MR) is 140 cm³/mol. The number of thioether (sulfide) groups is 1. The molecule has 0 radical (unpaired) electrons. The van der Waals surface area contributed by atoms with Gasteiger partial charge in [0.05, 0.1) is 23.7 Å². The molecule has 4 aromatic rings. The molecule has 1 aliphatic rings. The van der Waals surface area contributed by atoms with Crippen molar-refractivity contribution in [3.05, 3.63) is 123 Å². The normalized spacial score (nSPS) is 14.1. The maximum Gasteiger partial charge on any atom is 0.265 e. The van der Waals surface area contributed by atoms with Gasteiger partial charge in [0.2, 0.25) is 0 Å². The fraction of sp³-hybridized carbons (Fsp3) is 0.0714. The van der Waals surface area contributed by atoms with Crippen molar-refractivity contribution in [1.82, 2.24) is 5.32 Å². The number of hydrogen-bond donors (Lipinski definition) is 1. The van der Waals surface area contributed by atoms with Crippen LogP contribution in [0.4, 0.5) is 10.1 Å². The quantitative estimate of drug-likeness (QED) is 0.308. The summed E-state index contributed by atoms with van der Waals surface area (Å²) in [6, 6.07) is 25.2. The van der Waals surface area contributed by atoms with Gasteiger partial charge in [0.1, 0.15) is 5.82 Å². The lowest BCUT2D eigenvalue weighted by Crippen LogP contribution is -2.34. The molecule has 1 N–H and O–H groups in total. The lowest BCUT2D eigenvalue weighted by Gasteiger charge is -2.30. The van der Waals surface area contributed by atoms with Gasteiger partial charge in [-0.05, 0) is 53.4 Å². The zero-order chi connectivity index (χ0) is 24.2. The van der Waals surface area contributed by atoms with Crippen LogP contribution in [0.25, 0.3) is 6.08 Å². The number of fused-ring (bicyclic) bond motifs is 1. The Hall–Kier alpha value is -3.68. The van der Waals surface area contributed by atoms with E-state index in [0.717, 1.165) is 21.0 Å². The van der Waals surface area contributed by atoms with Gasteiger partial charge >= 0.3 is 0 Å². The van der Waals surface area contributed by atoms with Crippen molar-refractivity contribution in [3.63, 3.8) is 0 Å². The molecule has 3 aromatic carbocycles. The summed E-state index contributed by atoms with van der Waals surface area (Å²) in [5.74, 6) is -0.671. The summed E-state index contributed by atoms with van der Waals surface area (Å²) in [5, 5.41) is 4.89. The standard InChI is InChI=1S/C28H21FN2O2S2/c29-23-8-2-1-6-21(23)18-31-24-9-3-4-10-25(24)35-26(28(31)33)16-19-11-13-20(14-12-19)27(32)30-17-22-7-5-15-34-22/h1-16H,17-18H2,(H,30,32). The highest BCUT2D eigenvalue weighted by Crippen LogP contribution is 2.42. The number of rotatable bonds is 6. The molecule has 174 valence electrons. The van der Waals surface area contributed by atoms with Crippen LogP contribution >= 0.6 is 23.1 Å². The average molecular weight is 501 g/mol. The molecule has 7 heteroatoms. The molecule has 5 rings (SSSR count). The zero-order valence-electron chi connectivity index (χ0n) is 18.6. The van der Waals surface area contributed by atoms with Crippen molar-refractivity contribution in [3.8, 4) is 0 Å². The molecule has 2 amide bonds. The molecule has 0 atom stereocenters. The number of hydrogen-bond acceptors (Lipinski definition) is 4. The van der Waals surface area contributed by atoms with Crippen LogP contribution < -0.4 is 10.2 Å². The fourth-order valence-electron chi connectivity index (χ4n) is 3.78. The van der Waals surface area contributed by atoms with Crippen LogP contribution in [0.1, 0.15) is 26.4 Å². The number of nitrogens with one attached hydrogen (secondary N) is 1. The van der Waals surface area contributed by atoms with Gasteiger partial charge in [0.15, 0.2) is 0 Å². The first-order valence-corrected chi connectivity index (χ1v) is 12.7. The Morgan fingerprint density at radius 3 is 2.49 bits per heavy atom. The third-order valence-electron chi connectivity index (χ3n) is 5.59. The highest BCUT2D eigenvalue weighted by molar-refractivity contribution is 8.04. The van der Waals surface area contributed by atoms with Crippen LogP contribution in [0, 0.1) is 5.82 Å². The smallest absolute Gasteiger partial charge is 0.265 e. The van der Waals surface area contributed by atoms with E-state index in [1.165, 1.54) is 17.8 Å². The van der Waals surface area contributed by atoms with Gasteiger partial charge in [-0.15, -0.1) is 11.3 Å². The fourth-order valence-corrected chi connectivity index (χ4v) is 5.48. The monoisotopic (exact) mass is 500 g/mol. The molecular formula is C28H21FN2O2S2. The number of amides is 2. The predicted octanol–water partition coefficient (Wildman–Crippen LogP) is 6.50. The average Bonchev–Trinajstić information content (AvgIpc) is 3.40. The second-order valence-corrected chi connectivity index (χ2v) is 10.1. The molecule has 1 aliphatic heterocycles. The molecule has 0 fully saturated rings. The third-order valence-corrected chi connectivity index (χ3v) is 7.55. The summed E-state index contributed by atoms with van der Waals surface area (Å²) >= 11 is 2.99. The number of carbonyl (C=O) groups excluding carboxylic acids is 2. The Morgan fingerprint density at radius 2 is 1.71 bits per heavy atom. The number of thiophene rings is 1. The second kappa shape index (κ2) is 10.3. The Morgan fingerprint density at radius 1 is 0.943 bits per heavy atom. The van der Waals surface area contributed by atoms with Crippen molar-refractivity contribution < 1.29 is 14.0 Å². The van der Waals surface area contributed by atoms with Gasteiger partial charge in [0, 0.05) is 20.9 Å². The van der Waals surface area contributed by atoms with Crippen molar-refractivity contribution >= 4 is 46.7 Å². The lowest BCUT2D eigenvalue weighted by atomic mass is 10.1. The minimum atomic E-state index is -0.338. The van der Waals surface area contributed by atoms with E-state index in [1.807, 2.05) is 60.0 Å². The van der Waals surface area contributed by atoms with Crippen LogP contribution in [0.5, 0.6) is 0 Å². The van der Waals surface area contributed by atoms with E-state index in [9.17, 15) is 14.0 Å². The van der Waals surface area contributed by atoms with E-state index in [4.69, 9.17) is 0 Å². The summed E-state index contributed by atoms with van der Waals surface area (Å²) in [6.07, 6.45) is 1.81. The van der Waals surface area contributed by atoms with Crippen LogP contribution in [0.2, 0.25) is 0 Å². The van der Waals surface area contributed by atoms with Gasteiger partial charge in [-0.2, -0.15) is 0 Å². The maximum atomic E-state index is 14.3. The minimum Gasteiger partial charge on any atom is -0.347 e. The van der Waals surface area contributed by atoms with E-state index in [1.54, 1.807) is 46.6 Å². The van der Waals surface area contributed by atoms with Gasteiger partial charge in [-0.25, -0.2) is 4.39 Å². The number of halogens is 1. The van der Waals surface area contributed by atoms with Crippen LogP contribution in [0.15, 0.2) is 100 Å². The number of nitrogens with zero attached hydrogens (tertiary/aromatic N) is 1. The first-order valence-electron chi connectivity index (χ1n) is 11.0. The number of anilines is 1. The third kappa shape index (κ3) is 5.21. The largest absolute Gasteiger partial charge is 0.347 e. The Bertz CT molecular complexity index is 1400. The zero-order valence-corrected chi connectivity index (χ0v) is 20.2. The number of para-hydroxylation sites is 1. The topological polar surface area (TPSA) is 49.4 Å². The van der Waals surface area contributed by atoms with Gasteiger partial charge < -0.3 is 10.2 Å². The molecule has 0 saturated heterocycles. The van der Waals surface area contributed by atoms with E-state index < -0.39 is 0 Å². The summed E-state index contributed by atoms with van der Waals surface area (Å²) in [7, 11) is 0. The molecule has 0 aliphatic carbocycles. The first kappa shape index (κ1) is 23.1. The molecule has 0 bridgehead atoms. The van der Waals surface area contributed by atoms with E-state index in [-0.39, 0.29) is 24.2 Å². The van der Waals surface area contributed by atoms with Crippen LogP contribution in [-0.4, -0.2) is 11.8 Å². The SMILES string of the molecule is O=C(NCc1cccs1)c1ccc(C=C2Sc3ccccc3N(Cc3ccccc3F)C2=O)cc1. The summed E-state index contributed by atoms with van der Waals surface area (Å²) in [5.41, 5.74) is 2.58. The minimum absolute atomic E-state index is 0.143. The summed E-state index contributed by atoms with van der Waals surface area (Å²) in [4.78, 5) is 30.1. The lowest BCUT2D eigenvalue weighted by molar-refractivity contribution is -0.114. The Balaban J connectivity index is 1.36. The molecule has 35 heavy (non-hydrogen) atoms. The Labute approximate surface area is 211 Å². The molecule has 2 heterocycles. The second-order valence-electron chi connectivity index (χ2n) is 7.95. The van der Waals surface area contributed by atoms with Crippen molar-refractivity contribution in [2.45, 2.75) is 18.0 Å². The highest BCUT2D eigenvalue weighted by atomic mass is 32.2. The van der Waals surface area contributed by atoms with E-state index in [0.29, 0.717) is 22.6 Å². The van der Waals surface area contributed by atoms with Crippen LogP contribution in [0.3, 0.4) is 0 Å². The van der Waals surface area contributed by atoms with Crippen molar-refractivity contribution in [2.75, 3.05) is 4.90 Å². The van der Waals surface area contributed by atoms with Gasteiger partial charge in [0.25, 0.3) is 11.8 Å². The summed E-state index contributed by atoms with van der Waals surface area (Å²) in [6.45, 7) is 0.633. The summed E-state index contributed by atoms with van der Waals surface area (Å²) < 4.78 is 14.3. The molecule has 0 unspecified atom stereocenters. The first-order chi connectivity index (χ1) is 17.1. The van der Waals surface area contributed by atoms with Gasteiger partial charge in [-0.1, -0.05) is 60.3 Å². The van der Waals surface area contributed by atoms with Gasteiger partial charge in [-0.3, -0.25) is 9.59 Å². The van der Waals surface area contributed by atoms with E-state index in [2.05, 4.69) is 5.32 Å². The van der Waals surface area contributed by atoms with Crippen molar-refractivity contribution in [1.29, 1.82) is 0 Å². The molecule has 4 nitrogen and oxygen atoms in total. The number of carbonyl (C=O) groups is 2.